The van der Waals surface area contributed by atoms with E-state index in [9.17, 15) is 13.2 Å². The molecule has 0 aliphatic carbocycles. The van der Waals surface area contributed by atoms with Gasteiger partial charge in [0.2, 0.25) is 10.0 Å². The first-order valence-electron chi connectivity index (χ1n) is 9.59. The first-order chi connectivity index (χ1) is 13.2. The van der Waals surface area contributed by atoms with Gasteiger partial charge >= 0.3 is 0 Å². The molecule has 1 amide bonds. The Bertz CT molecular complexity index is 940. The Morgan fingerprint density at radius 2 is 1.82 bits per heavy atom. The van der Waals surface area contributed by atoms with Crippen LogP contribution in [0.2, 0.25) is 0 Å². The van der Waals surface area contributed by atoms with Crippen molar-refractivity contribution < 1.29 is 17.7 Å². The molecule has 1 aliphatic heterocycles. The highest BCUT2D eigenvalue weighted by atomic mass is 32.2. The third kappa shape index (κ3) is 4.12. The topological polar surface area (TPSA) is 92.5 Å². The maximum Gasteiger partial charge on any atom is 0.261 e. The molecule has 1 aromatic heterocycles. The number of amides is 1. The number of hydrogen-bond donors (Lipinski definition) is 1. The Morgan fingerprint density at radius 1 is 1.21 bits per heavy atom. The average Bonchev–Trinajstić information content (AvgIpc) is 3.02. The van der Waals surface area contributed by atoms with Gasteiger partial charge in [0.05, 0.1) is 10.6 Å². The third-order valence-electron chi connectivity index (χ3n) is 5.08. The highest BCUT2D eigenvalue weighted by Crippen LogP contribution is 2.27. The van der Waals surface area contributed by atoms with Crippen LogP contribution in [0.25, 0.3) is 0 Å². The van der Waals surface area contributed by atoms with Crippen molar-refractivity contribution in [1.82, 2.24) is 9.46 Å². The molecule has 0 unspecified atom stereocenters. The number of carbonyl (C=O) groups is 1. The molecule has 0 radical (unpaired) electrons. The Morgan fingerprint density at radius 3 is 2.39 bits per heavy atom. The second-order valence-electron chi connectivity index (χ2n) is 7.66. The molecule has 0 spiro atoms. The van der Waals surface area contributed by atoms with Crippen molar-refractivity contribution >= 4 is 21.6 Å². The number of piperidine rings is 1. The lowest BCUT2D eigenvalue weighted by atomic mass is 9.94. The van der Waals surface area contributed by atoms with Gasteiger partial charge in [-0.1, -0.05) is 25.9 Å². The molecule has 1 aliphatic rings. The number of anilines is 1. The molecular formula is C20H27N3O4S. The molecule has 3 rings (SSSR count). The Labute approximate surface area is 166 Å². The van der Waals surface area contributed by atoms with E-state index < -0.39 is 10.0 Å². The first kappa shape index (κ1) is 20.5. The van der Waals surface area contributed by atoms with Gasteiger partial charge in [-0.25, -0.2) is 8.42 Å². The minimum atomic E-state index is -3.54. The summed E-state index contributed by atoms with van der Waals surface area (Å²) < 4.78 is 32.6. The molecule has 2 heterocycles. The quantitative estimate of drug-likeness (QED) is 0.822. The number of rotatable bonds is 5. The van der Waals surface area contributed by atoms with Crippen molar-refractivity contribution in [3.8, 4) is 0 Å². The van der Waals surface area contributed by atoms with Crippen LogP contribution < -0.4 is 5.32 Å². The van der Waals surface area contributed by atoms with Crippen LogP contribution in [0.3, 0.4) is 0 Å². The fraction of sp³-hybridized carbons (Fsp3) is 0.500. The Kier molecular flexibility index (Phi) is 5.90. The molecule has 8 heteroatoms. The lowest BCUT2D eigenvalue weighted by Crippen LogP contribution is -2.42. The van der Waals surface area contributed by atoms with Crippen molar-refractivity contribution in [2.75, 3.05) is 18.4 Å². The summed E-state index contributed by atoms with van der Waals surface area (Å²) in [4.78, 5) is 12.8. The van der Waals surface area contributed by atoms with Crippen molar-refractivity contribution in [2.24, 2.45) is 11.8 Å². The van der Waals surface area contributed by atoms with Gasteiger partial charge in [0.15, 0.2) is 0 Å². The first-order valence-corrected chi connectivity index (χ1v) is 11.0. The van der Waals surface area contributed by atoms with E-state index in [1.54, 1.807) is 23.4 Å². The zero-order valence-corrected chi connectivity index (χ0v) is 17.5. The molecule has 0 bridgehead atoms. The second kappa shape index (κ2) is 8.05. The molecule has 28 heavy (non-hydrogen) atoms. The smallest absolute Gasteiger partial charge is 0.261 e. The van der Waals surface area contributed by atoms with Crippen molar-refractivity contribution in [2.45, 2.75) is 45.4 Å². The number of carbonyl (C=O) groups excluding carboxylic acids is 1. The largest absolute Gasteiger partial charge is 0.361 e. The number of benzene rings is 1. The van der Waals surface area contributed by atoms with Crippen molar-refractivity contribution in [1.29, 1.82) is 0 Å². The summed E-state index contributed by atoms with van der Waals surface area (Å²) in [5.41, 5.74) is 1.55. The predicted molar refractivity (Wildman–Crippen MR) is 107 cm³/mol. The van der Waals surface area contributed by atoms with Gasteiger partial charge in [-0.15, -0.1) is 0 Å². The molecule has 7 nitrogen and oxygen atoms in total. The monoisotopic (exact) mass is 405 g/mol. The van der Waals surface area contributed by atoms with E-state index in [1.807, 2.05) is 6.92 Å². The summed E-state index contributed by atoms with van der Waals surface area (Å²) in [6, 6.07) is 6.29. The third-order valence-corrected chi connectivity index (χ3v) is 6.93. The summed E-state index contributed by atoms with van der Waals surface area (Å²) in [5.74, 6) is 0.833. The highest BCUT2D eigenvalue weighted by molar-refractivity contribution is 7.89. The van der Waals surface area contributed by atoms with Crippen LogP contribution in [0.1, 0.15) is 49.0 Å². The van der Waals surface area contributed by atoms with Gasteiger partial charge in [0, 0.05) is 18.8 Å². The van der Waals surface area contributed by atoms with Crippen LogP contribution >= 0.6 is 0 Å². The van der Waals surface area contributed by atoms with E-state index >= 15 is 0 Å². The van der Waals surface area contributed by atoms with E-state index in [1.165, 1.54) is 12.1 Å². The van der Waals surface area contributed by atoms with Gasteiger partial charge in [-0.2, -0.15) is 4.31 Å². The lowest BCUT2D eigenvalue weighted by molar-refractivity contribution is 0.102. The van der Waals surface area contributed by atoms with E-state index in [0.717, 1.165) is 6.42 Å². The lowest BCUT2D eigenvalue weighted by Gasteiger charge is -2.34. The van der Waals surface area contributed by atoms with E-state index in [0.29, 0.717) is 54.1 Å². The molecule has 1 N–H and O–H groups in total. The summed E-state index contributed by atoms with van der Waals surface area (Å²) >= 11 is 0. The number of nitrogens with zero attached hydrogens (tertiary/aromatic N) is 2. The van der Waals surface area contributed by atoms with Gasteiger partial charge in [0.25, 0.3) is 5.91 Å². The van der Waals surface area contributed by atoms with Crippen LogP contribution in [0.4, 0.5) is 5.69 Å². The molecular weight excluding hydrogens is 378 g/mol. The van der Waals surface area contributed by atoms with E-state index in [-0.39, 0.29) is 10.8 Å². The minimum absolute atomic E-state index is 0.238. The van der Waals surface area contributed by atoms with Crippen LogP contribution in [0, 0.1) is 18.8 Å². The zero-order chi connectivity index (χ0) is 20.5. The molecule has 1 saturated heterocycles. The highest BCUT2D eigenvalue weighted by Gasteiger charge is 2.31. The van der Waals surface area contributed by atoms with Crippen LogP contribution in [-0.2, 0) is 16.4 Å². The maximum atomic E-state index is 12.9. The molecule has 1 fully saturated rings. The summed E-state index contributed by atoms with van der Waals surface area (Å²) in [6.07, 6.45) is 1.63. The van der Waals surface area contributed by atoms with Gasteiger partial charge in [-0.05, 0) is 55.9 Å². The summed E-state index contributed by atoms with van der Waals surface area (Å²) in [5, 5.41) is 6.67. The predicted octanol–water partition coefficient (Wildman–Crippen LogP) is 3.46. The fourth-order valence-corrected chi connectivity index (χ4v) is 5.48. The van der Waals surface area contributed by atoms with Crippen LogP contribution in [-0.4, -0.2) is 36.9 Å². The maximum absolute atomic E-state index is 12.9. The number of aryl methyl sites for hydroxylation is 2. The van der Waals surface area contributed by atoms with Gasteiger partial charge < -0.3 is 9.84 Å². The SMILES string of the molecule is CCc1noc(C)c1C(=O)Nc1ccc(S(=O)(=O)N2C[C@H](C)C[C@@H](C)C2)cc1. The summed E-state index contributed by atoms with van der Waals surface area (Å²) in [6.45, 7) is 8.82. The van der Waals surface area contributed by atoms with Gasteiger partial charge in [-0.3, -0.25) is 4.79 Å². The van der Waals surface area contributed by atoms with Crippen LogP contribution in [0.5, 0.6) is 0 Å². The molecule has 0 saturated carbocycles. The number of aromatic nitrogens is 1. The molecule has 2 aromatic rings. The van der Waals surface area contributed by atoms with Crippen molar-refractivity contribution in [3.63, 3.8) is 0 Å². The Balaban J connectivity index is 1.76. The van der Waals surface area contributed by atoms with Gasteiger partial charge in [0.1, 0.15) is 11.3 Å². The number of nitrogens with one attached hydrogen (secondary N) is 1. The standard InChI is InChI=1S/C20H27N3O4S/c1-5-18-19(15(4)27-22-18)20(24)21-16-6-8-17(9-7-16)28(25,26)23-11-13(2)10-14(3)12-23/h6-9,13-14H,5,10-12H2,1-4H3,(H,21,24)/t13-,14-/m1/s1. The zero-order valence-electron chi connectivity index (χ0n) is 16.7. The average molecular weight is 406 g/mol. The Hall–Kier alpha value is -2.19. The normalized spacial score (nSPS) is 20.9. The number of sulfonamides is 1. The second-order valence-corrected chi connectivity index (χ2v) is 9.60. The molecule has 2 atom stereocenters. The minimum Gasteiger partial charge on any atom is -0.361 e. The van der Waals surface area contributed by atoms with E-state index in [4.69, 9.17) is 4.52 Å². The summed E-state index contributed by atoms with van der Waals surface area (Å²) in [7, 11) is -3.54. The molecule has 1 aromatic carbocycles. The van der Waals surface area contributed by atoms with Crippen LogP contribution in [0.15, 0.2) is 33.7 Å². The molecule has 152 valence electrons. The van der Waals surface area contributed by atoms with E-state index in [2.05, 4.69) is 24.3 Å². The van der Waals surface area contributed by atoms with Crippen molar-refractivity contribution in [3.05, 3.63) is 41.3 Å². The number of hydrogen-bond acceptors (Lipinski definition) is 5. The fourth-order valence-electron chi connectivity index (χ4n) is 3.81.